The monoisotopic (exact) mass is 198 g/mol. The van der Waals surface area contributed by atoms with Crippen LogP contribution in [0.15, 0.2) is 0 Å². The summed E-state index contributed by atoms with van der Waals surface area (Å²) in [6.45, 7) is 14.1. The molecule has 0 heteroatoms. The van der Waals surface area contributed by atoms with Crippen LogP contribution in [0.1, 0.15) is 67.2 Å². The molecule has 0 aliphatic heterocycles. The van der Waals surface area contributed by atoms with Gasteiger partial charge >= 0.3 is 0 Å². The van der Waals surface area contributed by atoms with Gasteiger partial charge in [0.25, 0.3) is 0 Å². The van der Waals surface area contributed by atoms with E-state index in [1.807, 2.05) is 0 Å². The average molecular weight is 198 g/mol. The molecule has 0 unspecified atom stereocenters. The summed E-state index contributed by atoms with van der Waals surface area (Å²) < 4.78 is 0. The average Bonchev–Trinajstić information content (AvgIpc) is 2.02. The van der Waals surface area contributed by atoms with Crippen molar-refractivity contribution < 1.29 is 0 Å². The maximum atomic E-state index is 2.38. The van der Waals surface area contributed by atoms with Crippen LogP contribution in [0.5, 0.6) is 0 Å². The highest BCUT2D eigenvalue weighted by molar-refractivity contribution is 4.65. The lowest BCUT2D eigenvalue weighted by Crippen LogP contribution is -2.11. The zero-order chi connectivity index (χ0) is 11.1. The fourth-order valence-corrected chi connectivity index (χ4v) is 1.91. The molecule has 0 saturated heterocycles. The molecule has 0 radical (unpaired) electrons. The summed E-state index contributed by atoms with van der Waals surface area (Å²) in [4.78, 5) is 0. The van der Waals surface area contributed by atoms with Gasteiger partial charge in [0.1, 0.15) is 0 Å². The van der Waals surface area contributed by atoms with Crippen LogP contribution in [0.4, 0.5) is 0 Å². The topological polar surface area (TPSA) is 0 Å². The van der Waals surface area contributed by atoms with E-state index in [0.29, 0.717) is 0 Å². The van der Waals surface area contributed by atoms with Crippen LogP contribution >= 0.6 is 0 Å². The molecular weight excluding hydrogens is 168 g/mol. The third kappa shape index (κ3) is 7.41. The Morgan fingerprint density at radius 3 is 1.14 bits per heavy atom. The third-order valence-corrected chi connectivity index (χ3v) is 3.17. The SMILES string of the molecule is CC(C)CCC(CCC(C)C)C(C)C. The van der Waals surface area contributed by atoms with Crippen LogP contribution < -0.4 is 0 Å². The van der Waals surface area contributed by atoms with Crippen molar-refractivity contribution in [3.63, 3.8) is 0 Å². The van der Waals surface area contributed by atoms with Crippen molar-refractivity contribution >= 4 is 0 Å². The second-order valence-electron chi connectivity index (χ2n) is 5.95. The van der Waals surface area contributed by atoms with Crippen molar-refractivity contribution in [2.75, 3.05) is 0 Å². The first kappa shape index (κ1) is 14.0. The van der Waals surface area contributed by atoms with Crippen molar-refractivity contribution in [3.05, 3.63) is 0 Å². The third-order valence-electron chi connectivity index (χ3n) is 3.17. The molecule has 0 bridgehead atoms. The van der Waals surface area contributed by atoms with Crippen LogP contribution in [-0.2, 0) is 0 Å². The summed E-state index contributed by atoms with van der Waals surface area (Å²) in [7, 11) is 0. The Morgan fingerprint density at radius 2 is 0.929 bits per heavy atom. The fourth-order valence-electron chi connectivity index (χ4n) is 1.91. The molecule has 0 heterocycles. The Kier molecular flexibility index (Phi) is 7.31. The molecule has 0 spiro atoms. The molecule has 0 saturated carbocycles. The number of hydrogen-bond acceptors (Lipinski definition) is 0. The Bertz CT molecular complexity index is 110. The second-order valence-corrected chi connectivity index (χ2v) is 5.95. The lowest BCUT2D eigenvalue weighted by atomic mass is 9.84. The van der Waals surface area contributed by atoms with Crippen LogP contribution in [0, 0.1) is 23.7 Å². The van der Waals surface area contributed by atoms with Crippen molar-refractivity contribution in [1.82, 2.24) is 0 Å². The van der Waals surface area contributed by atoms with Gasteiger partial charge < -0.3 is 0 Å². The first-order chi connectivity index (χ1) is 6.43. The molecule has 0 aliphatic carbocycles. The number of rotatable bonds is 7. The summed E-state index contributed by atoms with van der Waals surface area (Å²) in [6.07, 6.45) is 5.67. The minimum atomic E-state index is 0.868. The van der Waals surface area contributed by atoms with E-state index in [0.717, 1.165) is 23.7 Å². The van der Waals surface area contributed by atoms with E-state index in [1.165, 1.54) is 25.7 Å². The Balaban J connectivity index is 3.78. The molecule has 0 aromatic carbocycles. The van der Waals surface area contributed by atoms with Gasteiger partial charge in [-0.3, -0.25) is 0 Å². The predicted molar refractivity (Wildman–Crippen MR) is 66.5 cm³/mol. The molecular formula is C14H30. The van der Waals surface area contributed by atoms with Gasteiger partial charge in [-0.05, 0) is 36.5 Å². The van der Waals surface area contributed by atoms with E-state index in [9.17, 15) is 0 Å². The second kappa shape index (κ2) is 7.31. The van der Waals surface area contributed by atoms with E-state index < -0.39 is 0 Å². The highest BCUT2D eigenvalue weighted by Crippen LogP contribution is 2.26. The standard InChI is InChI=1S/C14H30/c1-11(2)7-9-14(13(5)6)10-8-12(3)4/h11-14H,7-10H2,1-6H3. The summed E-state index contributed by atoms with van der Waals surface area (Å²) in [5, 5.41) is 0. The molecule has 0 aromatic rings. The maximum absolute atomic E-state index is 2.38. The van der Waals surface area contributed by atoms with Crippen molar-refractivity contribution in [1.29, 1.82) is 0 Å². The molecule has 0 aromatic heterocycles. The number of hydrogen-bond donors (Lipinski definition) is 0. The van der Waals surface area contributed by atoms with Gasteiger partial charge in [0.2, 0.25) is 0 Å². The highest BCUT2D eigenvalue weighted by atomic mass is 14.2. The summed E-state index contributed by atoms with van der Waals surface area (Å²) in [5.74, 6) is 3.57. The van der Waals surface area contributed by atoms with E-state index in [2.05, 4.69) is 41.5 Å². The van der Waals surface area contributed by atoms with E-state index >= 15 is 0 Å². The van der Waals surface area contributed by atoms with Crippen molar-refractivity contribution in [3.8, 4) is 0 Å². The summed E-state index contributed by atoms with van der Waals surface area (Å²) >= 11 is 0. The van der Waals surface area contributed by atoms with E-state index in [4.69, 9.17) is 0 Å². The van der Waals surface area contributed by atoms with Gasteiger partial charge in [-0.25, -0.2) is 0 Å². The zero-order valence-electron chi connectivity index (χ0n) is 11.1. The van der Waals surface area contributed by atoms with Crippen molar-refractivity contribution in [2.24, 2.45) is 23.7 Å². The lowest BCUT2D eigenvalue weighted by molar-refractivity contribution is 0.292. The van der Waals surface area contributed by atoms with Crippen LogP contribution in [0.3, 0.4) is 0 Å². The van der Waals surface area contributed by atoms with E-state index in [-0.39, 0.29) is 0 Å². The maximum Gasteiger partial charge on any atom is -0.0391 e. The van der Waals surface area contributed by atoms with Gasteiger partial charge in [0.05, 0.1) is 0 Å². The molecule has 0 N–H and O–H groups in total. The van der Waals surface area contributed by atoms with E-state index in [1.54, 1.807) is 0 Å². The summed E-state index contributed by atoms with van der Waals surface area (Å²) in [6, 6.07) is 0. The Hall–Kier alpha value is 0. The first-order valence-corrected chi connectivity index (χ1v) is 6.43. The molecule has 0 amide bonds. The molecule has 86 valence electrons. The Labute approximate surface area is 91.5 Å². The molecule has 0 rings (SSSR count). The lowest BCUT2D eigenvalue weighted by Gasteiger charge is -2.22. The van der Waals surface area contributed by atoms with Gasteiger partial charge in [0.15, 0.2) is 0 Å². The smallest absolute Gasteiger partial charge is 0.0391 e. The summed E-state index contributed by atoms with van der Waals surface area (Å²) in [5.41, 5.74) is 0. The minimum Gasteiger partial charge on any atom is -0.0628 e. The Morgan fingerprint density at radius 1 is 0.571 bits per heavy atom. The van der Waals surface area contributed by atoms with Crippen LogP contribution in [0.25, 0.3) is 0 Å². The predicted octanol–water partition coefficient (Wildman–Crippen LogP) is 5.13. The van der Waals surface area contributed by atoms with Crippen molar-refractivity contribution in [2.45, 2.75) is 67.2 Å². The van der Waals surface area contributed by atoms with Crippen LogP contribution in [-0.4, -0.2) is 0 Å². The van der Waals surface area contributed by atoms with Crippen LogP contribution in [0.2, 0.25) is 0 Å². The first-order valence-electron chi connectivity index (χ1n) is 6.43. The quantitative estimate of drug-likeness (QED) is 0.532. The highest BCUT2D eigenvalue weighted by Gasteiger charge is 2.14. The van der Waals surface area contributed by atoms with Gasteiger partial charge in [-0.15, -0.1) is 0 Å². The molecule has 0 fully saturated rings. The normalized spacial score (nSPS) is 12.4. The zero-order valence-corrected chi connectivity index (χ0v) is 11.1. The molecule has 0 aliphatic rings. The molecule has 0 nitrogen and oxygen atoms in total. The minimum absolute atomic E-state index is 0.868. The largest absolute Gasteiger partial charge is 0.0628 e. The van der Waals surface area contributed by atoms with Gasteiger partial charge in [-0.1, -0.05) is 54.4 Å². The molecule has 14 heavy (non-hydrogen) atoms. The fraction of sp³-hybridized carbons (Fsp3) is 1.00. The van der Waals surface area contributed by atoms with Gasteiger partial charge in [0, 0.05) is 0 Å². The van der Waals surface area contributed by atoms with Gasteiger partial charge in [-0.2, -0.15) is 0 Å². The molecule has 0 atom stereocenters.